The van der Waals surface area contributed by atoms with E-state index in [4.69, 9.17) is 0 Å². The number of nitrogens with zero attached hydrogens (tertiary/aromatic N) is 4. The molecular formula is C32H23N5O. The maximum absolute atomic E-state index is 14.1. The van der Waals surface area contributed by atoms with Crippen molar-refractivity contribution in [3.05, 3.63) is 132 Å². The normalized spacial score (nSPS) is 13.7. The highest BCUT2D eigenvalue weighted by Gasteiger charge is 2.36. The Hall–Kier alpha value is -5.41. The molecule has 182 valence electrons. The Bertz CT molecular complexity index is 1710. The SMILES string of the molecule is Cn1cnc(-c2ccc(N/C(=C3\C(=O)N(c4ccccc4)c4ccccc43)c3ccc(C#N)cc3)cc2)c1. The van der Waals surface area contributed by atoms with E-state index in [9.17, 15) is 10.1 Å². The second-order valence-electron chi connectivity index (χ2n) is 9.06. The van der Waals surface area contributed by atoms with Gasteiger partial charge in [-0.05, 0) is 48.0 Å². The zero-order valence-electron chi connectivity index (χ0n) is 20.7. The smallest absolute Gasteiger partial charge is 0.265 e. The number of hydrogen-bond acceptors (Lipinski definition) is 4. The monoisotopic (exact) mass is 493 g/mol. The molecule has 0 saturated carbocycles. The van der Waals surface area contributed by atoms with Gasteiger partial charge in [0, 0.05) is 35.7 Å². The van der Waals surface area contributed by atoms with Crippen LogP contribution < -0.4 is 10.2 Å². The molecule has 6 rings (SSSR count). The van der Waals surface area contributed by atoms with Crippen molar-refractivity contribution in [3.63, 3.8) is 0 Å². The fourth-order valence-electron chi connectivity index (χ4n) is 4.71. The third-order valence-electron chi connectivity index (χ3n) is 6.55. The quantitative estimate of drug-likeness (QED) is 0.279. The van der Waals surface area contributed by atoms with E-state index in [1.807, 2.05) is 109 Å². The van der Waals surface area contributed by atoms with Crippen LogP contribution >= 0.6 is 0 Å². The van der Waals surface area contributed by atoms with Crippen LogP contribution in [0.15, 0.2) is 116 Å². The topological polar surface area (TPSA) is 74.0 Å². The fourth-order valence-corrected chi connectivity index (χ4v) is 4.71. The van der Waals surface area contributed by atoms with Gasteiger partial charge in [0.05, 0.1) is 40.6 Å². The number of carbonyl (C=O) groups excluding carboxylic acids is 1. The van der Waals surface area contributed by atoms with Gasteiger partial charge < -0.3 is 9.88 Å². The van der Waals surface area contributed by atoms with E-state index in [0.29, 0.717) is 16.8 Å². The highest BCUT2D eigenvalue weighted by molar-refractivity contribution is 6.40. The Labute approximate surface area is 220 Å². The number of hydrogen-bond donors (Lipinski definition) is 1. The molecule has 1 aliphatic heterocycles. The summed E-state index contributed by atoms with van der Waals surface area (Å²) in [5.74, 6) is -0.116. The van der Waals surface area contributed by atoms with Crippen LogP contribution in [0.1, 0.15) is 16.7 Å². The average Bonchev–Trinajstić information content (AvgIpc) is 3.53. The molecule has 38 heavy (non-hydrogen) atoms. The van der Waals surface area contributed by atoms with E-state index in [-0.39, 0.29) is 5.91 Å². The molecule has 0 bridgehead atoms. The largest absolute Gasteiger partial charge is 0.354 e. The Kier molecular flexibility index (Phi) is 5.79. The van der Waals surface area contributed by atoms with Crippen LogP contribution in [-0.4, -0.2) is 15.5 Å². The average molecular weight is 494 g/mol. The zero-order chi connectivity index (χ0) is 26.1. The summed E-state index contributed by atoms with van der Waals surface area (Å²) >= 11 is 0. The first-order valence-corrected chi connectivity index (χ1v) is 12.2. The summed E-state index contributed by atoms with van der Waals surface area (Å²) in [6, 6.07) is 34.9. The third kappa shape index (κ3) is 4.12. The standard InChI is InChI=1S/C32H23N5O/c1-36-20-28(34-21-36)23-15-17-25(18-16-23)35-31(24-13-11-22(19-33)12-14-24)30-27-9-5-6-10-29(27)37(32(30)38)26-7-3-2-4-8-26/h2-18,20-21,35H,1H3/b31-30-. The lowest BCUT2D eigenvalue weighted by Gasteiger charge is -2.18. The van der Waals surface area contributed by atoms with Gasteiger partial charge in [0.2, 0.25) is 0 Å². The molecular weight excluding hydrogens is 470 g/mol. The summed E-state index contributed by atoms with van der Waals surface area (Å²) in [6.45, 7) is 0. The molecule has 0 atom stereocenters. The minimum absolute atomic E-state index is 0.116. The predicted octanol–water partition coefficient (Wildman–Crippen LogP) is 6.62. The second kappa shape index (κ2) is 9.57. The zero-order valence-corrected chi connectivity index (χ0v) is 20.7. The maximum Gasteiger partial charge on any atom is 0.265 e. The molecule has 6 nitrogen and oxygen atoms in total. The summed E-state index contributed by atoms with van der Waals surface area (Å²) in [4.78, 5) is 20.3. The molecule has 0 unspecified atom stereocenters. The number of imidazole rings is 1. The van der Waals surface area contributed by atoms with Crippen molar-refractivity contribution in [2.24, 2.45) is 7.05 Å². The van der Waals surface area contributed by atoms with E-state index < -0.39 is 0 Å². The number of fused-ring (bicyclic) bond motifs is 1. The number of anilines is 3. The number of benzene rings is 4. The van der Waals surface area contributed by atoms with Gasteiger partial charge in [-0.1, -0.05) is 60.7 Å². The van der Waals surface area contributed by atoms with Crippen LogP contribution in [0, 0.1) is 11.3 Å². The summed E-state index contributed by atoms with van der Waals surface area (Å²) in [5.41, 5.74) is 7.82. The van der Waals surface area contributed by atoms with Gasteiger partial charge in [-0.25, -0.2) is 4.98 Å². The molecule has 1 amide bonds. The van der Waals surface area contributed by atoms with Crippen molar-refractivity contribution >= 4 is 34.2 Å². The van der Waals surface area contributed by atoms with Gasteiger partial charge in [-0.3, -0.25) is 9.69 Å². The van der Waals surface area contributed by atoms with Gasteiger partial charge >= 0.3 is 0 Å². The molecule has 0 fully saturated rings. The summed E-state index contributed by atoms with van der Waals surface area (Å²) < 4.78 is 1.91. The van der Waals surface area contributed by atoms with Crippen molar-refractivity contribution in [1.29, 1.82) is 5.26 Å². The van der Waals surface area contributed by atoms with E-state index in [2.05, 4.69) is 16.4 Å². The van der Waals surface area contributed by atoms with Crippen LogP contribution in [0.2, 0.25) is 0 Å². The minimum Gasteiger partial charge on any atom is -0.354 e. The lowest BCUT2D eigenvalue weighted by molar-refractivity contribution is -0.112. The molecule has 5 aromatic rings. The third-order valence-corrected chi connectivity index (χ3v) is 6.55. The molecule has 1 aliphatic rings. The number of aromatic nitrogens is 2. The molecule has 0 aliphatic carbocycles. The van der Waals surface area contributed by atoms with Crippen molar-refractivity contribution < 1.29 is 4.79 Å². The van der Waals surface area contributed by atoms with Gasteiger partial charge in [0.1, 0.15) is 0 Å². The number of amides is 1. The molecule has 4 aromatic carbocycles. The van der Waals surface area contributed by atoms with E-state index in [1.54, 1.807) is 23.4 Å². The van der Waals surface area contributed by atoms with Crippen molar-refractivity contribution in [2.45, 2.75) is 0 Å². The number of para-hydroxylation sites is 2. The van der Waals surface area contributed by atoms with E-state index in [1.165, 1.54) is 0 Å². The first-order valence-electron chi connectivity index (χ1n) is 12.2. The first kappa shape index (κ1) is 23.0. The lowest BCUT2D eigenvalue weighted by Crippen LogP contribution is -2.21. The second-order valence-corrected chi connectivity index (χ2v) is 9.06. The minimum atomic E-state index is -0.116. The highest BCUT2D eigenvalue weighted by atomic mass is 16.2. The molecule has 2 heterocycles. The van der Waals surface area contributed by atoms with E-state index in [0.717, 1.165) is 39.4 Å². The number of nitriles is 1. The van der Waals surface area contributed by atoms with Gasteiger partial charge in [0.15, 0.2) is 0 Å². The predicted molar refractivity (Wildman–Crippen MR) is 150 cm³/mol. The molecule has 1 aromatic heterocycles. The molecule has 6 heteroatoms. The first-order chi connectivity index (χ1) is 18.6. The van der Waals surface area contributed by atoms with Crippen LogP contribution in [0.3, 0.4) is 0 Å². The van der Waals surface area contributed by atoms with Crippen LogP contribution in [0.4, 0.5) is 17.1 Å². The van der Waals surface area contributed by atoms with Gasteiger partial charge in [0.25, 0.3) is 5.91 Å². The maximum atomic E-state index is 14.1. The van der Waals surface area contributed by atoms with Gasteiger partial charge in [-0.15, -0.1) is 0 Å². The molecule has 0 spiro atoms. The highest BCUT2D eigenvalue weighted by Crippen LogP contribution is 2.44. The van der Waals surface area contributed by atoms with Crippen LogP contribution in [0.25, 0.3) is 22.5 Å². The molecule has 0 radical (unpaired) electrons. The Morgan fingerprint density at radius 1 is 0.868 bits per heavy atom. The van der Waals surface area contributed by atoms with Gasteiger partial charge in [-0.2, -0.15) is 5.26 Å². The summed E-state index contributed by atoms with van der Waals surface area (Å²) in [5, 5.41) is 12.8. The van der Waals surface area contributed by atoms with Crippen LogP contribution in [-0.2, 0) is 11.8 Å². The van der Waals surface area contributed by atoms with Crippen molar-refractivity contribution in [3.8, 4) is 17.3 Å². The fraction of sp³-hybridized carbons (Fsp3) is 0.0312. The number of aryl methyl sites for hydroxylation is 1. The lowest BCUT2D eigenvalue weighted by atomic mass is 9.99. The summed E-state index contributed by atoms with van der Waals surface area (Å²) in [6.07, 6.45) is 3.75. The Balaban J connectivity index is 1.49. The summed E-state index contributed by atoms with van der Waals surface area (Å²) in [7, 11) is 1.94. The number of rotatable bonds is 5. The molecule has 0 saturated heterocycles. The van der Waals surface area contributed by atoms with Crippen molar-refractivity contribution in [1.82, 2.24) is 9.55 Å². The molecule has 1 N–H and O–H groups in total. The Morgan fingerprint density at radius 3 is 2.26 bits per heavy atom. The van der Waals surface area contributed by atoms with Crippen LogP contribution in [0.5, 0.6) is 0 Å². The van der Waals surface area contributed by atoms with E-state index >= 15 is 0 Å². The van der Waals surface area contributed by atoms with Crippen molar-refractivity contribution in [2.75, 3.05) is 10.2 Å². The Morgan fingerprint density at radius 2 is 1.58 bits per heavy atom. The number of nitrogens with one attached hydrogen (secondary N) is 1. The number of carbonyl (C=O) groups is 1.